The maximum absolute atomic E-state index is 14.3. The summed E-state index contributed by atoms with van der Waals surface area (Å²) in [6.07, 6.45) is 12.1. The highest BCUT2D eigenvalue weighted by atomic mass is 16.5. The van der Waals surface area contributed by atoms with Crippen LogP contribution in [0.4, 0.5) is 0 Å². The van der Waals surface area contributed by atoms with Gasteiger partial charge in [0.25, 0.3) is 5.91 Å². The maximum atomic E-state index is 14.3. The maximum Gasteiger partial charge on any atom is 0.330 e. The van der Waals surface area contributed by atoms with Crippen LogP contribution in [0, 0.1) is 17.8 Å². The van der Waals surface area contributed by atoms with E-state index in [4.69, 9.17) is 9.47 Å². The molecule has 0 spiro atoms. The van der Waals surface area contributed by atoms with E-state index in [0.717, 1.165) is 25.7 Å². The van der Waals surface area contributed by atoms with Gasteiger partial charge in [0.2, 0.25) is 11.8 Å². The predicted molar refractivity (Wildman–Crippen MR) is 234 cm³/mol. The summed E-state index contributed by atoms with van der Waals surface area (Å²) in [5, 5.41) is 39.6. The number of phenols is 1. The molecule has 1 unspecified atom stereocenters. The molecule has 0 radical (unpaired) electrons. The van der Waals surface area contributed by atoms with Crippen LogP contribution in [0.5, 0.6) is 5.75 Å². The van der Waals surface area contributed by atoms with Crippen LogP contribution in [0.15, 0.2) is 72.4 Å². The van der Waals surface area contributed by atoms with Gasteiger partial charge in [-0.25, -0.2) is 10.2 Å². The van der Waals surface area contributed by atoms with Gasteiger partial charge in [0.15, 0.2) is 0 Å². The first kappa shape index (κ1) is 51.2. The molecule has 0 aromatic heterocycles. The minimum absolute atomic E-state index is 0.0298. The molecule has 2 aliphatic rings. The summed E-state index contributed by atoms with van der Waals surface area (Å²) < 4.78 is 11.3. The Bertz CT molecular complexity index is 1790. The van der Waals surface area contributed by atoms with Crippen molar-refractivity contribution < 1.29 is 53.6 Å². The molecule has 342 valence electrons. The number of carbonyl (C=O) groups excluding carboxylic acids is 6. The average molecular weight is 865 g/mol. The van der Waals surface area contributed by atoms with Gasteiger partial charge in [-0.1, -0.05) is 95.5 Å². The van der Waals surface area contributed by atoms with Crippen LogP contribution >= 0.6 is 0 Å². The number of nitrogens with zero attached hydrogens (tertiary/aromatic N) is 1. The normalized spacial score (nSPS) is 27.4. The van der Waals surface area contributed by atoms with E-state index in [1.165, 1.54) is 42.3 Å². The molecule has 0 aliphatic carbocycles. The average Bonchev–Trinajstić information content (AvgIpc) is 3.23. The van der Waals surface area contributed by atoms with E-state index < -0.39 is 83.9 Å². The van der Waals surface area contributed by atoms with Crippen molar-refractivity contribution in [1.82, 2.24) is 21.1 Å². The quantitative estimate of drug-likeness (QED) is 0.0661. The fourth-order valence-electron chi connectivity index (χ4n) is 7.18. The van der Waals surface area contributed by atoms with E-state index in [1.54, 1.807) is 64.1 Å². The zero-order valence-corrected chi connectivity index (χ0v) is 37.1. The lowest BCUT2D eigenvalue weighted by atomic mass is 9.84. The Morgan fingerprint density at radius 3 is 2.48 bits per heavy atom. The van der Waals surface area contributed by atoms with Crippen LogP contribution in [0.2, 0.25) is 0 Å². The van der Waals surface area contributed by atoms with Crippen LogP contribution in [0.1, 0.15) is 105 Å². The number of carbonyl (C=O) groups is 6. The van der Waals surface area contributed by atoms with Gasteiger partial charge in [-0.3, -0.25) is 24.2 Å². The molecule has 2 aliphatic heterocycles. The zero-order chi connectivity index (χ0) is 45.8. The summed E-state index contributed by atoms with van der Waals surface area (Å²) in [6, 6.07) is 2.90. The number of Topliss-reactive ketones (excluding diaryl/α,β-unsaturated/α-hetero) is 1. The zero-order valence-electron chi connectivity index (χ0n) is 37.1. The number of esters is 2. The van der Waals surface area contributed by atoms with E-state index in [0.29, 0.717) is 30.6 Å². The molecular weight excluding hydrogens is 797 g/mol. The molecule has 62 heavy (non-hydrogen) atoms. The molecule has 6 N–H and O–H groups in total. The molecule has 8 atom stereocenters. The Labute approximate surface area is 366 Å². The summed E-state index contributed by atoms with van der Waals surface area (Å²) >= 11 is 0. The topological polar surface area (TPSA) is 221 Å². The Morgan fingerprint density at radius 1 is 1.03 bits per heavy atom. The molecule has 1 fully saturated rings. The van der Waals surface area contributed by atoms with Crippen molar-refractivity contribution in [3.8, 4) is 5.75 Å². The third kappa shape index (κ3) is 17.0. The van der Waals surface area contributed by atoms with E-state index in [-0.39, 0.29) is 43.8 Å². The summed E-state index contributed by atoms with van der Waals surface area (Å²) in [6.45, 7) is 10.7. The first-order chi connectivity index (χ1) is 29.5. The molecule has 0 saturated carbocycles. The van der Waals surface area contributed by atoms with E-state index in [1.807, 2.05) is 0 Å². The van der Waals surface area contributed by atoms with Crippen LogP contribution in [-0.2, 0) is 44.7 Å². The van der Waals surface area contributed by atoms with Crippen molar-refractivity contribution in [3.05, 3.63) is 77.9 Å². The van der Waals surface area contributed by atoms with Gasteiger partial charge in [-0.2, -0.15) is 0 Å². The molecule has 1 aromatic carbocycles. The van der Waals surface area contributed by atoms with Gasteiger partial charge in [0.05, 0.1) is 24.7 Å². The van der Waals surface area contributed by atoms with E-state index >= 15 is 0 Å². The molecule has 15 nitrogen and oxygen atoms in total. The van der Waals surface area contributed by atoms with Crippen molar-refractivity contribution >= 4 is 35.4 Å². The standard InChI is InChI=1S/C47H68N4O11/c1-7-8-9-13-27-61-41(55)23-14-17-31(4)40-22-12-10-11-21-39(54)33(6)43(56)36(25-24-32(5)52)44(57)49-42(30(2)3)45(58)48-38(29-34-18-15-19-35(53)28-34)46(59)51-26-16-20-37(50-51)47(60)62-40/h10-12,14-15,17-19,21,23,28,30,33,36-40,42-43,50,53-54,56H,7-9,13,16,20,22,24-27,29H2,1-6H3,(H,48,58)(H,49,57)/b12-10+,21-11+,23-14+,31-17+/t33-,36+,37?,38-,39-,40-,42-,43+/m0/s1. The molecular formula is C47H68N4O11. The summed E-state index contributed by atoms with van der Waals surface area (Å²) in [4.78, 5) is 80.5. The lowest BCUT2D eigenvalue weighted by molar-refractivity contribution is -0.156. The summed E-state index contributed by atoms with van der Waals surface area (Å²) in [5.41, 5.74) is 4.14. The third-order valence-corrected chi connectivity index (χ3v) is 11.1. The van der Waals surface area contributed by atoms with Crippen LogP contribution in [-0.4, -0.2) is 105 Å². The second-order valence-corrected chi connectivity index (χ2v) is 16.6. The predicted octanol–water partition coefficient (Wildman–Crippen LogP) is 4.45. The minimum Gasteiger partial charge on any atom is -0.508 e. The van der Waals surface area contributed by atoms with Crippen molar-refractivity contribution in [2.45, 2.75) is 142 Å². The van der Waals surface area contributed by atoms with Gasteiger partial charge in [-0.15, -0.1) is 0 Å². The van der Waals surface area contributed by atoms with E-state index in [9.17, 15) is 44.1 Å². The molecule has 3 rings (SSSR count). The number of nitrogens with one attached hydrogen (secondary N) is 3. The number of unbranched alkanes of at least 4 members (excludes halogenated alkanes) is 3. The highest BCUT2D eigenvalue weighted by molar-refractivity contribution is 5.93. The fourth-order valence-corrected chi connectivity index (χ4v) is 7.18. The lowest BCUT2D eigenvalue weighted by Gasteiger charge is -2.36. The summed E-state index contributed by atoms with van der Waals surface area (Å²) in [5.74, 6) is -5.89. The highest BCUT2D eigenvalue weighted by Gasteiger charge is 2.38. The number of aromatic hydroxyl groups is 1. The number of ether oxygens (including phenoxy) is 2. The van der Waals surface area contributed by atoms with Crippen molar-refractivity contribution in [2.24, 2.45) is 17.8 Å². The number of hydrogen-bond donors (Lipinski definition) is 6. The minimum atomic E-state index is -1.42. The Hall–Kier alpha value is -5.12. The number of fused-ring (bicyclic) bond motifs is 2. The van der Waals surface area contributed by atoms with Crippen molar-refractivity contribution in [1.29, 1.82) is 0 Å². The smallest absolute Gasteiger partial charge is 0.330 e. The van der Waals surface area contributed by atoms with Gasteiger partial charge in [0, 0.05) is 37.8 Å². The largest absolute Gasteiger partial charge is 0.508 e. The Balaban J connectivity index is 2.02. The van der Waals surface area contributed by atoms with Gasteiger partial charge < -0.3 is 40.2 Å². The second kappa shape index (κ2) is 26.4. The number of allylic oxidation sites excluding steroid dienone is 4. The summed E-state index contributed by atoms with van der Waals surface area (Å²) in [7, 11) is 0. The van der Waals surface area contributed by atoms with Gasteiger partial charge >= 0.3 is 11.9 Å². The third-order valence-electron chi connectivity index (χ3n) is 11.1. The number of hydrogen-bond acceptors (Lipinski definition) is 12. The number of ketones is 1. The highest BCUT2D eigenvalue weighted by Crippen LogP contribution is 2.24. The number of amides is 3. The van der Waals surface area contributed by atoms with Crippen molar-refractivity contribution in [3.63, 3.8) is 0 Å². The second-order valence-electron chi connectivity index (χ2n) is 16.6. The Kier molecular flexibility index (Phi) is 21.8. The van der Waals surface area contributed by atoms with Gasteiger partial charge in [0.1, 0.15) is 35.8 Å². The molecule has 1 saturated heterocycles. The molecule has 1 aromatic rings. The van der Waals surface area contributed by atoms with E-state index in [2.05, 4.69) is 23.0 Å². The fraction of sp³-hybridized carbons (Fsp3) is 0.574. The number of aliphatic hydroxyl groups excluding tert-OH is 2. The van der Waals surface area contributed by atoms with Crippen LogP contribution in [0.3, 0.4) is 0 Å². The molecule has 15 heteroatoms. The lowest BCUT2D eigenvalue weighted by Crippen LogP contribution is -2.62. The first-order valence-electron chi connectivity index (χ1n) is 21.9. The number of rotatable bonds is 14. The van der Waals surface area contributed by atoms with Gasteiger partial charge in [-0.05, 0) is 68.7 Å². The monoisotopic (exact) mass is 864 g/mol. The van der Waals surface area contributed by atoms with Crippen LogP contribution in [0.25, 0.3) is 0 Å². The van der Waals surface area contributed by atoms with Crippen LogP contribution < -0.4 is 16.1 Å². The number of phenolic OH excluding ortho intramolecular Hbond substituents is 1. The number of cyclic esters (lactones) is 1. The molecule has 3 amide bonds. The number of hydrazine groups is 1. The SMILES string of the molecule is CCCCCCOC(=O)/C=C/C=C(\C)[C@@H]1C/C=C/C=C/[C@H](O)[C@H](C)[C@@H](O)[C@@H](CCC(C)=O)C(=O)N[C@@H](C(C)C)C(=O)N[C@@H](Cc2cccc(O)c2)C(=O)N2CCCC(N2)C(=O)O1. The number of benzene rings is 1. The molecule has 2 heterocycles. The first-order valence-corrected chi connectivity index (χ1v) is 21.9. The number of aliphatic hydroxyl groups is 2. The Morgan fingerprint density at radius 2 is 1.79 bits per heavy atom. The van der Waals surface area contributed by atoms with Crippen molar-refractivity contribution in [2.75, 3.05) is 13.2 Å². The molecule has 2 bridgehead atoms.